The Morgan fingerprint density at radius 3 is 0.940 bits per heavy atom. The van der Waals surface area contributed by atoms with Crippen molar-refractivity contribution in [3.63, 3.8) is 0 Å². The van der Waals surface area contributed by atoms with Crippen molar-refractivity contribution in [1.82, 2.24) is 0 Å². The molecule has 0 fully saturated rings. The number of rotatable bonds is 7. The highest BCUT2D eigenvalue weighted by Gasteiger charge is 2.11. The van der Waals surface area contributed by atoms with E-state index >= 15 is 0 Å². The zero-order valence-electron chi connectivity index (χ0n) is 27.5. The Kier molecular flexibility index (Phi) is 8.42. The molecule has 0 aliphatic carbocycles. The summed E-state index contributed by atoms with van der Waals surface area (Å²) in [5.74, 6) is 0. The molecule has 8 rings (SSSR count). The molecule has 0 saturated carbocycles. The molecule has 8 aromatic rings. The van der Waals surface area contributed by atoms with Crippen molar-refractivity contribution in [2.24, 2.45) is 0 Å². The van der Waals surface area contributed by atoms with E-state index in [4.69, 9.17) is 0 Å². The van der Waals surface area contributed by atoms with Gasteiger partial charge in [0.15, 0.2) is 0 Å². The molecule has 0 bridgehead atoms. The third-order valence-corrected chi connectivity index (χ3v) is 9.36. The summed E-state index contributed by atoms with van der Waals surface area (Å²) in [7, 11) is 0. The lowest BCUT2D eigenvalue weighted by Gasteiger charge is -2.12. The summed E-state index contributed by atoms with van der Waals surface area (Å²) in [6.07, 6.45) is 0. The zero-order chi connectivity index (χ0) is 33.7. The van der Waals surface area contributed by atoms with E-state index in [9.17, 15) is 5.26 Å². The number of hydrogen-bond donors (Lipinski definition) is 0. The first-order valence-electron chi connectivity index (χ1n) is 16.9. The number of hydrogen-bond acceptors (Lipinski definition) is 1. The SMILES string of the molecule is N#Cc1cc(-c2cccc(-c3ccc(-c4ccccc4)cc3)c2)ccc1-c1cccc(-c2cccc(-c3ccc(-c4ccccc4)cc3)c2)c1. The van der Waals surface area contributed by atoms with Crippen LogP contribution in [0.4, 0.5) is 0 Å². The Balaban J connectivity index is 1.05. The maximum absolute atomic E-state index is 10.3. The third-order valence-electron chi connectivity index (χ3n) is 9.36. The van der Waals surface area contributed by atoms with E-state index in [1.54, 1.807) is 0 Å². The van der Waals surface area contributed by atoms with Crippen molar-refractivity contribution in [3.05, 3.63) is 206 Å². The van der Waals surface area contributed by atoms with Gasteiger partial charge in [0.1, 0.15) is 0 Å². The monoisotopic (exact) mass is 635 g/mol. The number of nitriles is 1. The molecule has 0 spiro atoms. The molecule has 8 aromatic carbocycles. The lowest BCUT2D eigenvalue weighted by atomic mass is 9.92. The Morgan fingerprint density at radius 2 is 0.520 bits per heavy atom. The van der Waals surface area contributed by atoms with Crippen LogP contribution in [0.15, 0.2) is 200 Å². The molecule has 0 saturated heterocycles. The summed E-state index contributed by atoms with van der Waals surface area (Å²) >= 11 is 0. The molecule has 0 aromatic heterocycles. The van der Waals surface area contributed by atoms with Gasteiger partial charge < -0.3 is 0 Å². The topological polar surface area (TPSA) is 23.8 Å². The van der Waals surface area contributed by atoms with Gasteiger partial charge in [-0.2, -0.15) is 5.26 Å². The fraction of sp³-hybridized carbons (Fsp3) is 0. The molecule has 0 unspecified atom stereocenters. The summed E-state index contributed by atoms with van der Waals surface area (Å²) in [5, 5.41) is 10.3. The van der Waals surface area contributed by atoms with Crippen LogP contribution in [0.1, 0.15) is 5.56 Å². The minimum absolute atomic E-state index is 0.657. The van der Waals surface area contributed by atoms with Crippen LogP contribution >= 0.6 is 0 Å². The standard InChI is InChI=1S/C49H33N/c50-34-48-33-46(44-17-8-15-42(31-44)40-26-22-38(23-27-40)36-12-5-2-6-13-36)28-29-49(48)47-19-9-18-45(32-47)43-16-7-14-41(30-43)39-24-20-37(21-25-39)35-10-3-1-4-11-35/h1-33H. The van der Waals surface area contributed by atoms with Crippen LogP contribution in [-0.4, -0.2) is 0 Å². The van der Waals surface area contributed by atoms with E-state index in [0.717, 1.165) is 44.5 Å². The van der Waals surface area contributed by atoms with E-state index in [1.807, 2.05) is 18.2 Å². The normalized spacial score (nSPS) is 10.8. The molecular weight excluding hydrogens is 603 g/mol. The second-order valence-corrected chi connectivity index (χ2v) is 12.5. The fourth-order valence-electron chi connectivity index (χ4n) is 6.66. The van der Waals surface area contributed by atoms with Gasteiger partial charge in [-0.15, -0.1) is 0 Å². The van der Waals surface area contributed by atoms with Crippen molar-refractivity contribution in [2.45, 2.75) is 0 Å². The molecule has 0 aliphatic rings. The molecule has 234 valence electrons. The average molecular weight is 636 g/mol. The van der Waals surface area contributed by atoms with Gasteiger partial charge in [-0.1, -0.05) is 176 Å². The van der Waals surface area contributed by atoms with Gasteiger partial charge in [0.25, 0.3) is 0 Å². The molecule has 0 N–H and O–H groups in total. The van der Waals surface area contributed by atoms with Gasteiger partial charge in [0, 0.05) is 0 Å². The largest absolute Gasteiger partial charge is 0.192 e. The molecule has 0 aliphatic heterocycles. The van der Waals surface area contributed by atoms with E-state index in [2.05, 4.69) is 188 Å². The quantitative estimate of drug-likeness (QED) is 0.171. The van der Waals surface area contributed by atoms with Gasteiger partial charge >= 0.3 is 0 Å². The molecule has 1 heteroatoms. The minimum atomic E-state index is 0.657. The van der Waals surface area contributed by atoms with Crippen molar-refractivity contribution in [2.75, 3.05) is 0 Å². The van der Waals surface area contributed by atoms with Crippen LogP contribution in [0.3, 0.4) is 0 Å². The smallest absolute Gasteiger partial charge is 0.0998 e. The Morgan fingerprint density at radius 1 is 0.240 bits per heavy atom. The second-order valence-electron chi connectivity index (χ2n) is 12.5. The molecule has 50 heavy (non-hydrogen) atoms. The van der Waals surface area contributed by atoms with Crippen LogP contribution < -0.4 is 0 Å². The number of nitrogens with zero attached hydrogens (tertiary/aromatic N) is 1. The summed E-state index contributed by atoms with van der Waals surface area (Å²) in [4.78, 5) is 0. The Bertz CT molecular complexity index is 2450. The van der Waals surface area contributed by atoms with Crippen LogP contribution in [0.25, 0.3) is 77.9 Å². The van der Waals surface area contributed by atoms with Crippen molar-refractivity contribution in [1.29, 1.82) is 5.26 Å². The van der Waals surface area contributed by atoms with Crippen molar-refractivity contribution < 1.29 is 0 Å². The first kappa shape index (κ1) is 30.6. The minimum Gasteiger partial charge on any atom is -0.192 e. The van der Waals surface area contributed by atoms with E-state index < -0.39 is 0 Å². The lowest BCUT2D eigenvalue weighted by molar-refractivity contribution is 1.47. The van der Waals surface area contributed by atoms with Crippen LogP contribution in [0.2, 0.25) is 0 Å². The third kappa shape index (κ3) is 6.39. The maximum Gasteiger partial charge on any atom is 0.0998 e. The highest BCUT2D eigenvalue weighted by Crippen LogP contribution is 2.35. The maximum atomic E-state index is 10.3. The predicted molar refractivity (Wildman–Crippen MR) is 209 cm³/mol. The Hall–Kier alpha value is -6.75. The highest BCUT2D eigenvalue weighted by atomic mass is 14.3. The van der Waals surface area contributed by atoms with Crippen LogP contribution in [-0.2, 0) is 0 Å². The van der Waals surface area contributed by atoms with Gasteiger partial charge in [-0.3, -0.25) is 0 Å². The first-order valence-corrected chi connectivity index (χ1v) is 16.9. The Labute approximate surface area is 294 Å². The molecule has 0 radical (unpaired) electrons. The molecular formula is C49H33N. The first-order chi connectivity index (χ1) is 24.7. The van der Waals surface area contributed by atoms with Gasteiger partial charge in [0.2, 0.25) is 0 Å². The summed E-state index contributed by atoms with van der Waals surface area (Å²) in [6, 6.07) is 72.7. The van der Waals surface area contributed by atoms with E-state index in [1.165, 1.54) is 33.4 Å². The fourth-order valence-corrected chi connectivity index (χ4v) is 6.66. The van der Waals surface area contributed by atoms with Gasteiger partial charge in [-0.25, -0.2) is 0 Å². The lowest BCUT2D eigenvalue weighted by Crippen LogP contribution is -1.89. The van der Waals surface area contributed by atoms with Gasteiger partial charge in [0.05, 0.1) is 11.6 Å². The van der Waals surface area contributed by atoms with Crippen molar-refractivity contribution in [3.8, 4) is 84.0 Å². The average Bonchev–Trinajstić information content (AvgIpc) is 3.21. The molecule has 0 atom stereocenters. The molecule has 0 heterocycles. The summed E-state index contributed by atoms with van der Waals surface area (Å²) in [5.41, 5.74) is 16.5. The highest BCUT2D eigenvalue weighted by molar-refractivity contribution is 5.82. The second kappa shape index (κ2) is 13.8. The van der Waals surface area contributed by atoms with Crippen LogP contribution in [0, 0.1) is 11.3 Å². The molecule has 0 amide bonds. The van der Waals surface area contributed by atoms with E-state index in [-0.39, 0.29) is 0 Å². The van der Waals surface area contributed by atoms with Gasteiger partial charge in [-0.05, 0) is 102 Å². The van der Waals surface area contributed by atoms with Crippen molar-refractivity contribution >= 4 is 0 Å². The zero-order valence-corrected chi connectivity index (χ0v) is 27.5. The summed E-state index contributed by atoms with van der Waals surface area (Å²) < 4.78 is 0. The molecule has 1 nitrogen and oxygen atoms in total. The van der Waals surface area contributed by atoms with Crippen LogP contribution in [0.5, 0.6) is 0 Å². The number of benzene rings is 8. The summed E-state index contributed by atoms with van der Waals surface area (Å²) in [6.45, 7) is 0. The van der Waals surface area contributed by atoms with E-state index in [0.29, 0.717) is 5.56 Å². The predicted octanol–water partition coefficient (Wildman–Crippen LogP) is 13.2.